The molecule has 1 aliphatic rings. The molecule has 1 nitrogen and oxygen atoms in total. The monoisotopic (exact) mass is 314 g/mol. The topological polar surface area (TPSA) is 20.2 Å². The van der Waals surface area contributed by atoms with Crippen LogP contribution in [-0.4, -0.2) is 5.11 Å². The lowest BCUT2D eigenvalue weighted by Crippen LogP contribution is -2.42. The molecule has 1 N–H and O–H groups in total. The number of halogens is 2. The minimum absolute atomic E-state index is 0.0602. The second kappa shape index (κ2) is 4.61. The summed E-state index contributed by atoms with van der Waals surface area (Å²) in [7, 11) is 0. The smallest absolute Gasteiger partial charge is 0.129 e. The number of benzene rings is 1. The number of hydrogen-bond donors (Lipinski definition) is 1. The SMILES string of the molecule is CC1CC(C)(C)CCC1(O)c1cc(Br)ccc1F. The fourth-order valence-corrected chi connectivity index (χ4v) is 3.47. The summed E-state index contributed by atoms with van der Waals surface area (Å²) < 4.78 is 14.8. The molecule has 0 saturated heterocycles. The molecule has 1 fully saturated rings. The maximum absolute atomic E-state index is 14.0. The largest absolute Gasteiger partial charge is 0.385 e. The highest BCUT2D eigenvalue weighted by molar-refractivity contribution is 9.10. The second-order valence-electron chi connectivity index (χ2n) is 6.32. The van der Waals surface area contributed by atoms with Gasteiger partial charge in [-0.2, -0.15) is 0 Å². The third-order valence-electron chi connectivity index (χ3n) is 4.25. The zero-order valence-electron chi connectivity index (χ0n) is 11.1. The number of rotatable bonds is 1. The van der Waals surface area contributed by atoms with Crippen molar-refractivity contribution in [2.45, 2.75) is 45.6 Å². The van der Waals surface area contributed by atoms with Crippen molar-refractivity contribution in [3.05, 3.63) is 34.1 Å². The van der Waals surface area contributed by atoms with Gasteiger partial charge < -0.3 is 5.11 Å². The van der Waals surface area contributed by atoms with E-state index < -0.39 is 5.60 Å². The molecule has 2 rings (SSSR count). The molecule has 0 bridgehead atoms. The van der Waals surface area contributed by atoms with Gasteiger partial charge in [0.1, 0.15) is 5.82 Å². The molecule has 0 amide bonds. The molecular weight excluding hydrogens is 295 g/mol. The Morgan fingerprint density at radius 2 is 2.00 bits per heavy atom. The van der Waals surface area contributed by atoms with Crippen LogP contribution in [0.5, 0.6) is 0 Å². The minimum Gasteiger partial charge on any atom is -0.385 e. The highest BCUT2D eigenvalue weighted by atomic mass is 79.9. The third-order valence-corrected chi connectivity index (χ3v) is 4.75. The van der Waals surface area contributed by atoms with Crippen LogP contribution >= 0.6 is 15.9 Å². The molecule has 3 heteroatoms. The standard InChI is InChI=1S/C15H20BrFO/c1-10-9-14(2,3)6-7-15(10,18)12-8-11(16)4-5-13(12)17/h4-5,8,10,18H,6-7,9H2,1-3H3. The molecule has 0 aliphatic heterocycles. The Kier molecular flexibility index (Phi) is 3.58. The molecule has 0 spiro atoms. The van der Waals surface area contributed by atoms with Crippen LogP contribution in [0.25, 0.3) is 0 Å². The summed E-state index contributed by atoms with van der Waals surface area (Å²) in [5.41, 5.74) is -0.378. The molecule has 0 radical (unpaired) electrons. The Labute approximate surface area is 117 Å². The molecule has 1 saturated carbocycles. The Morgan fingerprint density at radius 3 is 2.61 bits per heavy atom. The van der Waals surface area contributed by atoms with Crippen LogP contribution in [0.4, 0.5) is 4.39 Å². The highest BCUT2D eigenvalue weighted by Gasteiger charge is 2.44. The van der Waals surface area contributed by atoms with Crippen LogP contribution < -0.4 is 0 Å². The summed E-state index contributed by atoms with van der Waals surface area (Å²) >= 11 is 3.35. The maximum atomic E-state index is 14.0. The highest BCUT2D eigenvalue weighted by Crippen LogP contribution is 2.49. The summed E-state index contributed by atoms with van der Waals surface area (Å²) in [6, 6.07) is 4.80. The normalized spacial score (nSPS) is 31.3. The molecule has 2 unspecified atom stereocenters. The van der Waals surface area contributed by atoms with Crippen molar-refractivity contribution in [3.63, 3.8) is 0 Å². The van der Waals surface area contributed by atoms with Crippen molar-refractivity contribution in [2.75, 3.05) is 0 Å². The minimum atomic E-state index is -1.04. The molecule has 0 heterocycles. The van der Waals surface area contributed by atoms with Gasteiger partial charge in [0, 0.05) is 10.0 Å². The van der Waals surface area contributed by atoms with E-state index in [0.717, 1.165) is 17.3 Å². The van der Waals surface area contributed by atoms with Crippen LogP contribution in [0.15, 0.2) is 22.7 Å². The van der Waals surface area contributed by atoms with Gasteiger partial charge in [0.25, 0.3) is 0 Å². The third kappa shape index (κ3) is 2.48. The summed E-state index contributed by atoms with van der Waals surface area (Å²) in [6.45, 7) is 6.43. The molecule has 1 aromatic carbocycles. The quantitative estimate of drug-likeness (QED) is 0.801. The van der Waals surface area contributed by atoms with Crippen molar-refractivity contribution in [3.8, 4) is 0 Å². The molecule has 0 aromatic heterocycles. The van der Waals surface area contributed by atoms with E-state index in [9.17, 15) is 9.50 Å². The Bertz CT molecular complexity index is 458. The fraction of sp³-hybridized carbons (Fsp3) is 0.600. The van der Waals surface area contributed by atoms with E-state index in [4.69, 9.17) is 0 Å². The second-order valence-corrected chi connectivity index (χ2v) is 7.23. The van der Waals surface area contributed by atoms with Gasteiger partial charge in [0.05, 0.1) is 5.60 Å². The van der Waals surface area contributed by atoms with Gasteiger partial charge in [0.15, 0.2) is 0 Å². The average Bonchev–Trinajstić information content (AvgIpc) is 2.27. The van der Waals surface area contributed by atoms with Crippen LogP contribution in [0.2, 0.25) is 0 Å². The lowest BCUT2D eigenvalue weighted by molar-refractivity contribution is -0.0792. The summed E-state index contributed by atoms with van der Waals surface area (Å²) in [5, 5.41) is 10.9. The molecule has 2 atom stereocenters. The van der Waals surface area contributed by atoms with E-state index >= 15 is 0 Å². The van der Waals surface area contributed by atoms with E-state index in [0.29, 0.717) is 12.0 Å². The summed E-state index contributed by atoms with van der Waals surface area (Å²) in [4.78, 5) is 0. The van der Waals surface area contributed by atoms with Crippen molar-refractivity contribution < 1.29 is 9.50 Å². The van der Waals surface area contributed by atoms with Gasteiger partial charge in [-0.05, 0) is 48.8 Å². The average molecular weight is 315 g/mol. The first-order valence-corrected chi connectivity index (χ1v) is 7.22. The van der Waals surface area contributed by atoms with Gasteiger partial charge in [0.2, 0.25) is 0 Å². The number of aliphatic hydroxyl groups is 1. The lowest BCUT2D eigenvalue weighted by atomic mass is 9.63. The molecular formula is C15H20BrFO. The number of hydrogen-bond acceptors (Lipinski definition) is 1. The Morgan fingerprint density at radius 1 is 1.33 bits per heavy atom. The van der Waals surface area contributed by atoms with Gasteiger partial charge >= 0.3 is 0 Å². The predicted octanol–water partition coefficient (Wildman–Crippen LogP) is 4.62. The van der Waals surface area contributed by atoms with E-state index in [1.165, 1.54) is 6.07 Å². The van der Waals surface area contributed by atoms with Gasteiger partial charge in [-0.1, -0.05) is 36.7 Å². The fourth-order valence-electron chi connectivity index (χ4n) is 3.10. The molecule has 100 valence electrons. The van der Waals surface area contributed by atoms with E-state index in [1.807, 2.05) is 6.92 Å². The van der Waals surface area contributed by atoms with Gasteiger partial charge in [-0.15, -0.1) is 0 Å². The van der Waals surface area contributed by atoms with E-state index in [2.05, 4.69) is 29.8 Å². The Hall–Kier alpha value is -0.410. The van der Waals surface area contributed by atoms with Crippen LogP contribution in [0.3, 0.4) is 0 Å². The molecule has 1 aromatic rings. The summed E-state index contributed by atoms with van der Waals surface area (Å²) in [6.07, 6.45) is 2.45. The van der Waals surface area contributed by atoms with E-state index in [1.54, 1.807) is 12.1 Å². The first-order chi connectivity index (χ1) is 8.24. The first kappa shape index (κ1) is 14.0. The zero-order chi connectivity index (χ0) is 13.6. The maximum Gasteiger partial charge on any atom is 0.129 e. The summed E-state index contributed by atoms with van der Waals surface area (Å²) in [5.74, 6) is -0.252. The van der Waals surface area contributed by atoms with Crippen molar-refractivity contribution >= 4 is 15.9 Å². The van der Waals surface area contributed by atoms with Crippen LogP contribution in [-0.2, 0) is 5.60 Å². The van der Waals surface area contributed by atoms with Crippen molar-refractivity contribution in [1.82, 2.24) is 0 Å². The zero-order valence-corrected chi connectivity index (χ0v) is 12.7. The van der Waals surface area contributed by atoms with Gasteiger partial charge in [-0.25, -0.2) is 4.39 Å². The van der Waals surface area contributed by atoms with E-state index in [-0.39, 0.29) is 17.2 Å². The van der Waals surface area contributed by atoms with Crippen LogP contribution in [0.1, 0.15) is 45.6 Å². The van der Waals surface area contributed by atoms with Gasteiger partial charge in [-0.3, -0.25) is 0 Å². The Balaban J connectivity index is 2.40. The van der Waals surface area contributed by atoms with Crippen LogP contribution in [0, 0.1) is 17.2 Å². The lowest BCUT2D eigenvalue weighted by Gasteiger charge is -2.45. The van der Waals surface area contributed by atoms with Crippen molar-refractivity contribution in [1.29, 1.82) is 0 Å². The predicted molar refractivity (Wildman–Crippen MR) is 74.8 cm³/mol. The first-order valence-electron chi connectivity index (χ1n) is 6.42. The van der Waals surface area contributed by atoms with Crippen molar-refractivity contribution in [2.24, 2.45) is 11.3 Å². The molecule has 1 aliphatic carbocycles. The molecule has 18 heavy (non-hydrogen) atoms.